The SMILES string of the molecule is Cc1ccc2nc(C(F)(F)F)nn2c1-c1cc(Cl)c2[nH]ncc2c1. The van der Waals surface area contributed by atoms with Crippen LogP contribution in [0.2, 0.25) is 5.02 Å². The average molecular weight is 352 g/mol. The minimum absolute atomic E-state index is 0.117. The Balaban J connectivity index is 2.03. The molecule has 4 aromatic rings. The van der Waals surface area contributed by atoms with Crippen LogP contribution < -0.4 is 0 Å². The van der Waals surface area contributed by atoms with Gasteiger partial charge in [-0.2, -0.15) is 18.3 Å². The average Bonchev–Trinajstić information content (AvgIpc) is 3.12. The van der Waals surface area contributed by atoms with Crippen molar-refractivity contribution in [2.24, 2.45) is 0 Å². The Morgan fingerprint density at radius 2 is 2.00 bits per heavy atom. The standard InChI is InChI=1S/C15H9ClF3N5/c1-7-2-3-11-21-14(15(17,18)19)23-24(11)13(7)8-4-9-6-20-22-12(9)10(16)5-8/h2-6H,1H3,(H,20,22). The summed E-state index contributed by atoms with van der Waals surface area (Å²) in [4.78, 5) is 3.56. The van der Waals surface area contributed by atoms with E-state index in [0.29, 0.717) is 21.8 Å². The van der Waals surface area contributed by atoms with Crippen molar-refractivity contribution < 1.29 is 13.2 Å². The second kappa shape index (κ2) is 4.94. The van der Waals surface area contributed by atoms with E-state index >= 15 is 0 Å². The van der Waals surface area contributed by atoms with Gasteiger partial charge in [-0.25, -0.2) is 9.50 Å². The minimum Gasteiger partial charge on any atom is -0.276 e. The lowest BCUT2D eigenvalue weighted by molar-refractivity contribution is -0.144. The largest absolute Gasteiger partial charge is 0.453 e. The van der Waals surface area contributed by atoms with Crippen LogP contribution in [0.1, 0.15) is 11.4 Å². The number of aromatic nitrogens is 5. The zero-order chi connectivity index (χ0) is 17.1. The van der Waals surface area contributed by atoms with Crippen molar-refractivity contribution in [1.29, 1.82) is 0 Å². The molecule has 0 radical (unpaired) electrons. The Kier molecular flexibility index (Phi) is 3.08. The zero-order valence-electron chi connectivity index (χ0n) is 12.2. The van der Waals surface area contributed by atoms with Crippen molar-refractivity contribution in [3.8, 4) is 11.3 Å². The van der Waals surface area contributed by atoms with Crippen molar-refractivity contribution in [3.63, 3.8) is 0 Å². The molecule has 1 N–H and O–H groups in total. The van der Waals surface area contributed by atoms with Gasteiger partial charge in [-0.3, -0.25) is 5.10 Å². The maximum absolute atomic E-state index is 12.9. The quantitative estimate of drug-likeness (QED) is 0.557. The molecule has 1 aromatic carbocycles. The molecule has 0 amide bonds. The molecule has 0 unspecified atom stereocenters. The summed E-state index contributed by atoms with van der Waals surface area (Å²) < 4.78 is 39.9. The number of nitrogens with zero attached hydrogens (tertiary/aromatic N) is 4. The monoisotopic (exact) mass is 351 g/mol. The van der Waals surface area contributed by atoms with Gasteiger partial charge in [-0.1, -0.05) is 17.7 Å². The van der Waals surface area contributed by atoms with Gasteiger partial charge < -0.3 is 0 Å². The van der Waals surface area contributed by atoms with Crippen molar-refractivity contribution in [2.45, 2.75) is 13.1 Å². The van der Waals surface area contributed by atoms with Gasteiger partial charge in [-0.15, -0.1) is 5.10 Å². The Morgan fingerprint density at radius 3 is 2.75 bits per heavy atom. The molecule has 3 aromatic heterocycles. The Labute approximate surface area is 138 Å². The number of rotatable bonds is 1. The molecule has 0 fully saturated rings. The number of aromatic amines is 1. The molecule has 4 rings (SSSR count). The first-order valence-corrected chi connectivity index (χ1v) is 7.29. The fourth-order valence-corrected chi connectivity index (χ4v) is 2.93. The predicted molar refractivity (Wildman–Crippen MR) is 82.8 cm³/mol. The van der Waals surface area contributed by atoms with Crippen LogP contribution in [-0.2, 0) is 6.18 Å². The first kappa shape index (κ1) is 14.9. The van der Waals surface area contributed by atoms with Crippen LogP contribution in [-0.4, -0.2) is 24.8 Å². The third kappa shape index (κ3) is 2.22. The van der Waals surface area contributed by atoms with Crippen LogP contribution in [0.5, 0.6) is 0 Å². The second-order valence-corrected chi connectivity index (χ2v) is 5.77. The van der Waals surface area contributed by atoms with Crippen molar-refractivity contribution in [3.05, 3.63) is 46.9 Å². The molecule has 0 spiro atoms. The van der Waals surface area contributed by atoms with Crippen molar-refractivity contribution >= 4 is 28.2 Å². The van der Waals surface area contributed by atoms with E-state index < -0.39 is 12.0 Å². The first-order chi connectivity index (χ1) is 11.3. The molecule has 0 aliphatic carbocycles. The molecule has 24 heavy (non-hydrogen) atoms. The number of hydrogen-bond donors (Lipinski definition) is 1. The fraction of sp³-hybridized carbons (Fsp3) is 0.133. The molecule has 0 aliphatic rings. The molecular formula is C15H9ClF3N5. The van der Waals surface area contributed by atoms with Crippen LogP contribution >= 0.6 is 11.6 Å². The van der Waals surface area contributed by atoms with Gasteiger partial charge in [0.1, 0.15) is 0 Å². The molecule has 3 heterocycles. The number of benzene rings is 1. The fourth-order valence-electron chi connectivity index (χ4n) is 2.66. The summed E-state index contributed by atoms with van der Waals surface area (Å²) in [6, 6.07) is 6.66. The Morgan fingerprint density at radius 1 is 1.21 bits per heavy atom. The number of alkyl halides is 3. The van der Waals surface area contributed by atoms with Crippen LogP contribution in [0, 0.1) is 6.92 Å². The highest BCUT2D eigenvalue weighted by Crippen LogP contribution is 2.33. The van der Waals surface area contributed by atoms with E-state index in [9.17, 15) is 13.2 Å². The van der Waals surface area contributed by atoms with E-state index in [-0.39, 0.29) is 5.65 Å². The van der Waals surface area contributed by atoms with Gasteiger partial charge in [-0.05, 0) is 30.7 Å². The van der Waals surface area contributed by atoms with Crippen LogP contribution in [0.25, 0.3) is 27.8 Å². The van der Waals surface area contributed by atoms with E-state index in [2.05, 4.69) is 20.3 Å². The number of pyridine rings is 1. The third-order valence-corrected chi connectivity index (χ3v) is 4.03. The van der Waals surface area contributed by atoms with Crippen molar-refractivity contribution in [1.82, 2.24) is 24.8 Å². The third-order valence-electron chi connectivity index (χ3n) is 3.73. The summed E-state index contributed by atoms with van der Waals surface area (Å²) in [5.41, 5.74) is 2.67. The molecule has 0 bridgehead atoms. The lowest BCUT2D eigenvalue weighted by atomic mass is 10.0. The number of hydrogen-bond acceptors (Lipinski definition) is 3. The molecule has 5 nitrogen and oxygen atoms in total. The van der Waals surface area contributed by atoms with Gasteiger partial charge in [0, 0.05) is 10.9 Å². The van der Waals surface area contributed by atoms with Crippen LogP contribution in [0.4, 0.5) is 13.2 Å². The van der Waals surface area contributed by atoms with Gasteiger partial charge in [0.15, 0.2) is 5.65 Å². The lowest BCUT2D eigenvalue weighted by Gasteiger charge is -2.09. The molecule has 9 heteroatoms. The van der Waals surface area contributed by atoms with Crippen LogP contribution in [0.3, 0.4) is 0 Å². The number of H-pyrrole nitrogens is 1. The summed E-state index contributed by atoms with van der Waals surface area (Å²) in [5, 5.41) is 11.5. The van der Waals surface area contributed by atoms with E-state index in [4.69, 9.17) is 11.6 Å². The van der Waals surface area contributed by atoms with Crippen LogP contribution in [0.15, 0.2) is 30.5 Å². The molecule has 0 atom stereocenters. The summed E-state index contributed by atoms with van der Waals surface area (Å²) >= 11 is 6.24. The Hall–Kier alpha value is -2.61. The minimum atomic E-state index is -4.61. The van der Waals surface area contributed by atoms with Gasteiger partial charge in [0.05, 0.1) is 22.4 Å². The Bertz CT molecular complexity index is 1080. The highest BCUT2D eigenvalue weighted by atomic mass is 35.5. The number of fused-ring (bicyclic) bond motifs is 2. The smallest absolute Gasteiger partial charge is 0.276 e. The maximum atomic E-state index is 12.9. The molecule has 122 valence electrons. The molecular weight excluding hydrogens is 343 g/mol. The first-order valence-electron chi connectivity index (χ1n) is 6.91. The number of aryl methyl sites for hydroxylation is 1. The molecule has 0 saturated carbocycles. The second-order valence-electron chi connectivity index (χ2n) is 5.36. The highest BCUT2D eigenvalue weighted by Gasteiger charge is 2.36. The lowest BCUT2D eigenvalue weighted by Crippen LogP contribution is -2.08. The van der Waals surface area contributed by atoms with E-state index in [1.165, 1.54) is 10.6 Å². The summed E-state index contributed by atoms with van der Waals surface area (Å²) in [5.74, 6) is -1.18. The number of halogens is 4. The molecule has 0 saturated heterocycles. The van der Waals surface area contributed by atoms with E-state index in [0.717, 1.165) is 10.9 Å². The highest BCUT2D eigenvalue weighted by molar-refractivity contribution is 6.35. The van der Waals surface area contributed by atoms with Gasteiger partial charge in [0.2, 0.25) is 0 Å². The zero-order valence-corrected chi connectivity index (χ0v) is 12.9. The number of nitrogens with one attached hydrogen (secondary N) is 1. The summed E-state index contributed by atoms with van der Waals surface area (Å²) in [7, 11) is 0. The van der Waals surface area contributed by atoms with E-state index in [1.807, 2.05) is 0 Å². The van der Waals surface area contributed by atoms with E-state index in [1.54, 1.807) is 31.3 Å². The maximum Gasteiger partial charge on any atom is 0.453 e. The van der Waals surface area contributed by atoms with Crippen molar-refractivity contribution in [2.75, 3.05) is 0 Å². The normalized spacial score (nSPS) is 12.4. The molecule has 0 aliphatic heterocycles. The van der Waals surface area contributed by atoms with Gasteiger partial charge >= 0.3 is 6.18 Å². The van der Waals surface area contributed by atoms with Gasteiger partial charge in [0.25, 0.3) is 5.82 Å². The summed E-state index contributed by atoms with van der Waals surface area (Å²) in [6.45, 7) is 1.79. The topological polar surface area (TPSA) is 58.9 Å². The predicted octanol–water partition coefficient (Wildman–Crippen LogP) is 4.25. The summed E-state index contributed by atoms with van der Waals surface area (Å²) in [6.07, 6.45) is -3.01.